The zero-order valence-corrected chi connectivity index (χ0v) is 14.6. The summed E-state index contributed by atoms with van der Waals surface area (Å²) in [6.07, 6.45) is 2.60. The summed E-state index contributed by atoms with van der Waals surface area (Å²) < 4.78 is 0. The first-order valence-electron chi connectivity index (χ1n) is 7.64. The van der Waals surface area contributed by atoms with Crippen molar-refractivity contribution in [3.05, 3.63) is 33.0 Å². The van der Waals surface area contributed by atoms with Crippen molar-refractivity contribution in [1.82, 2.24) is 9.88 Å². The average Bonchev–Trinajstić information content (AvgIpc) is 3.08. The number of likely N-dealkylation sites (tertiary alicyclic amines) is 1. The van der Waals surface area contributed by atoms with Crippen LogP contribution in [0.15, 0.2) is 17.5 Å². The summed E-state index contributed by atoms with van der Waals surface area (Å²) in [6, 6.07) is 3.82. The number of hydrogen-bond acceptors (Lipinski definition) is 5. The van der Waals surface area contributed by atoms with E-state index in [-0.39, 0.29) is 5.91 Å². The Morgan fingerprint density at radius 3 is 3.09 bits per heavy atom. The monoisotopic (exact) mass is 335 g/mol. The van der Waals surface area contributed by atoms with Crippen LogP contribution in [0, 0.1) is 12.8 Å². The standard InChI is InChI=1S/C16H21N3OS2/c1-11-4-3-7-19(8-11)9-13-10-21-16(17-13)18-15(20)14-6-5-12(2)22-14/h5-6,10-11H,3-4,7-9H2,1-2H3,(H,17,18,20)/t11-/m1/s1. The second kappa shape index (κ2) is 6.89. The van der Waals surface area contributed by atoms with Crippen molar-refractivity contribution in [2.24, 2.45) is 5.92 Å². The molecule has 22 heavy (non-hydrogen) atoms. The number of amides is 1. The van der Waals surface area contributed by atoms with Gasteiger partial charge in [0.1, 0.15) is 0 Å². The molecule has 0 saturated carbocycles. The number of anilines is 1. The van der Waals surface area contributed by atoms with Crippen LogP contribution in [0.5, 0.6) is 0 Å². The van der Waals surface area contributed by atoms with Crippen LogP contribution in [0.25, 0.3) is 0 Å². The predicted molar refractivity (Wildman–Crippen MR) is 92.8 cm³/mol. The summed E-state index contributed by atoms with van der Waals surface area (Å²) in [5.74, 6) is 0.708. The van der Waals surface area contributed by atoms with Gasteiger partial charge in [-0.2, -0.15) is 0 Å². The van der Waals surface area contributed by atoms with E-state index >= 15 is 0 Å². The van der Waals surface area contributed by atoms with Crippen molar-refractivity contribution >= 4 is 33.7 Å². The molecule has 0 unspecified atom stereocenters. The van der Waals surface area contributed by atoms with Gasteiger partial charge in [0.15, 0.2) is 5.13 Å². The lowest BCUT2D eigenvalue weighted by atomic mass is 10.0. The molecule has 0 aromatic carbocycles. The summed E-state index contributed by atoms with van der Waals surface area (Å²) in [5.41, 5.74) is 1.05. The smallest absolute Gasteiger partial charge is 0.267 e. The third kappa shape index (κ3) is 3.94. The lowest BCUT2D eigenvalue weighted by Crippen LogP contribution is -2.33. The van der Waals surface area contributed by atoms with Crippen LogP contribution < -0.4 is 5.32 Å². The molecule has 1 aliphatic rings. The fourth-order valence-corrected chi connectivity index (χ4v) is 4.27. The topological polar surface area (TPSA) is 45.2 Å². The Morgan fingerprint density at radius 2 is 2.36 bits per heavy atom. The highest BCUT2D eigenvalue weighted by Gasteiger charge is 2.18. The number of thiophene rings is 1. The van der Waals surface area contributed by atoms with E-state index in [1.54, 1.807) is 0 Å². The fraction of sp³-hybridized carbons (Fsp3) is 0.500. The van der Waals surface area contributed by atoms with Crippen molar-refractivity contribution in [3.63, 3.8) is 0 Å². The van der Waals surface area contributed by atoms with E-state index in [2.05, 4.69) is 27.5 Å². The second-order valence-electron chi connectivity index (χ2n) is 5.99. The summed E-state index contributed by atoms with van der Waals surface area (Å²) in [4.78, 5) is 21.0. The maximum absolute atomic E-state index is 12.1. The van der Waals surface area contributed by atoms with E-state index in [4.69, 9.17) is 0 Å². The van der Waals surface area contributed by atoms with Gasteiger partial charge in [0.25, 0.3) is 5.91 Å². The largest absolute Gasteiger partial charge is 0.297 e. The summed E-state index contributed by atoms with van der Waals surface area (Å²) in [7, 11) is 0. The van der Waals surface area contributed by atoms with Crippen LogP contribution in [-0.4, -0.2) is 28.9 Å². The number of aryl methyl sites for hydroxylation is 1. The number of hydrogen-bond donors (Lipinski definition) is 1. The van der Waals surface area contributed by atoms with Gasteiger partial charge < -0.3 is 0 Å². The minimum Gasteiger partial charge on any atom is -0.297 e. The van der Waals surface area contributed by atoms with Crippen molar-refractivity contribution in [2.45, 2.75) is 33.2 Å². The minimum atomic E-state index is -0.0643. The van der Waals surface area contributed by atoms with Gasteiger partial charge in [-0.15, -0.1) is 22.7 Å². The van der Waals surface area contributed by atoms with E-state index in [0.29, 0.717) is 5.13 Å². The molecule has 118 valence electrons. The number of thiazole rings is 1. The first-order valence-corrected chi connectivity index (χ1v) is 9.34. The Kier molecular flexibility index (Phi) is 4.90. The molecular weight excluding hydrogens is 314 g/mol. The second-order valence-corrected chi connectivity index (χ2v) is 8.14. The number of carbonyl (C=O) groups excluding carboxylic acids is 1. The SMILES string of the molecule is Cc1ccc(C(=O)Nc2nc(CN3CCC[C@@H](C)C3)cs2)s1. The normalized spacial score (nSPS) is 19.3. The molecule has 0 radical (unpaired) electrons. The van der Waals surface area contributed by atoms with Crippen LogP contribution in [0.4, 0.5) is 5.13 Å². The van der Waals surface area contributed by atoms with Crippen molar-refractivity contribution in [3.8, 4) is 0 Å². The number of piperidine rings is 1. The lowest BCUT2D eigenvalue weighted by Gasteiger charge is -2.30. The van der Waals surface area contributed by atoms with E-state index in [0.717, 1.165) is 41.0 Å². The Balaban J connectivity index is 1.58. The molecule has 3 rings (SSSR count). The van der Waals surface area contributed by atoms with Gasteiger partial charge in [-0.05, 0) is 44.4 Å². The number of carbonyl (C=O) groups is 1. The minimum absolute atomic E-state index is 0.0643. The molecular formula is C16H21N3OS2. The third-order valence-corrected chi connectivity index (χ3v) is 5.67. The maximum Gasteiger partial charge on any atom is 0.267 e. The van der Waals surface area contributed by atoms with E-state index in [1.807, 2.05) is 19.1 Å². The molecule has 1 saturated heterocycles. The van der Waals surface area contributed by atoms with E-state index in [9.17, 15) is 4.79 Å². The van der Waals surface area contributed by atoms with Crippen molar-refractivity contribution in [2.75, 3.05) is 18.4 Å². The molecule has 0 bridgehead atoms. The van der Waals surface area contributed by atoms with Gasteiger partial charge in [-0.1, -0.05) is 6.92 Å². The number of nitrogens with one attached hydrogen (secondary N) is 1. The number of nitrogens with zero attached hydrogens (tertiary/aromatic N) is 2. The zero-order chi connectivity index (χ0) is 15.5. The molecule has 6 heteroatoms. The molecule has 1 fully saturated rings. The zero-order valence-electron chi connectivity index (χ0n) is 13.0. The van der Waals surface area contributed by atoms with E-state index in [1.165, 1.54) is 35.5 Å². The molecule has 1 amide bonds. The number of rotatable bonds is 4. The van der Waals surface area contributed by atoms with Crippen LogP contribution in [0.3, 0.4) is 0 Å². The molecule has 4 nitrogen and oxygen atoms in total. The summed E-state index contributed by atoms with van der Waals surface area (Å²) >= 11 is 3.01. The predicted octanol–water partition coefficient (Wildman–Crippen LogP) is 4.00. The Morgan fingerprint density at radius 1 is 1.50 bits per heavy atom. The van der Waals surface area contributed by atoms with Gasteiger partial charge in [0.2, 0.25) is 0 Å². The average molecular weight is 335 g/mol. The van der Waals surface area contributed by atoms with Gasteiger partial charge in [-0.25, -0.2) is 4.98 Å². The Labute approximate surface area is 139 Å². The van der Waals surface area contributed by atoms with E-state index < -0.39 is 0 Å². The Bertz CT molecular complexity index is 649. The quantitative estimate of drug-likeness (QED) is 0.918. The number of aromatic nitrogens is 1. The van der Waals surface area contributed by atoms with Crippen LogP contribution in [-0.2, 0) is 6.54 Å². The van der Waals surface area contributed by atoms with Crippen LogP contribution >= 0.6 is 22.7 Å². The first-order chi connectivity index (χ1) is 10.6. The summed E-state index contributed by atoms with van der Waals surface area (Å²) in [6.45, 7) is 7.49. The van der Waals surface area contributed by atoms with Gasteiger partial charge in [0.05, 0.1) is 10.6 Å². The third-order valence-electron chi connectivity index (χ3n) is 3.86. The van der Waals surface area contributed by atoms with Gasteiger partial charge >= 0.3 is 0 Å². The fourth-order valence-electron chi connectivity index (χ4n) is 2.81. The molecule has 1 aliphatic heterocycles. The molecule has 1 N–H and O–H groups in total. The van der Waals surface area contributed by atoms with Crippen molar-refractivity contribution in [1.29, 1.82) is 0 Å². The molecule has 2 aromatic heterocycles. The van der Waals surface area contributed by atoms with Gasteiger partial charge in [0, 0.05) is 23.3 Å². The highest BCUT2D eigenvalue weighted by atomic mass is 32.1. The lowest BCUT2D eigenvalue weighted by molar-refractivity contribution is 0.103. The Hall–Kier alpha value is -1.24. The molecule has 0 aliphatic carbocycles. The molecule has 1 atom stereocenters. The molecule has 0 spiro atoms. The molecule has 2 aromatic rings. The van der Waals surface area contributed by atoms with Crippen LogP contribution in [0.1, 0.15) is 40.0 Å². The first kappa shape index (κ1) is 15.6. The van der Waals surface area contributed by atoms with Gasteiger partial charge in [-0.3, -0.25) is 15.0 Å². The highest BCUT2D eigenvalue weighted by molar-refractivity contribution is 7.15. The summed E-state index contributed by atoms with van der Waals surface area (Å²) in [5, 5.41) is 5.64. The highest BCUT2D eigenvalue weighted by Crippen LogP contribution is 2.22. The van der Waals surface area contributed by atoms with Crippen LogP contribution in [0.2, 0.25) is 0 Å². The molecule has 3 heterocycles. The van der Waals surface area contributed by atoms with Crippen molar-refractivity contribution < 1.29 is 4.79 Å². The maximum atomic E-state index is 12.1.